The van der Waals surface area contributed by atoms with Crippen molar-refractivity contribution in [2.24, 2.45) is 0 Å². The van der Waals surface area contributed by atoms with E-state index >= 15 is 0 Å². The van der Waals surface area contributed by atoms with Crippen LogP contribution in [0.4, 0.5) is 0 Å². The van der Waals surface area contributed by atoms with Crippen LogP contribution in [0.15, 0.2) is 53.1 Å². The molecule has 1 aromatic heterocycles. The average Bonchev–Trinajstić information content (AvgIpc) is 3.35. The molecule has 2 amide bonds. The highest BCUT2D eigenvalue weighted by Gasteiger charge is 2.35. The summed E-state index contributed by atoms with van der Waals surface area (Å²) >= 11 is 0. The molecule has 1 fully saturated rings. The van der Waals surface area contributed by atoms with Crippen LogP contribution >= 0.6 is 0 Å². The van der Waals surface area contributed by atoms with E-state index in [4.69, 9.17) is 9.26 Å². The molecule has 0 saturated heterocycles. The van der Waals surface area contributed by atoms with Crippen LogP contribution in [0.5, 0.6) is 5.75 Å². The molecule has 0 bridgehead atoms. The van der Waals surface area contributed by atoms with E-state index in [1.165, 1.54) is 0 Å². The van der Waals surface area contributed by atoms with Gasteiger partial charge in [-0.3, -0.25) is 9.59 Å². The Balaban J connectivity index is 1.44. The van der Waals surface area contributed by atoms with E-state index in [9.17, 15) is 9.59 Å². The minimum atomic E-state index is -0.157. The summed E-state index contributed by atoms with van der Waals surface area (Å²) in [7, 11) is 0. The summed E-state index contributed by atoms with van der Waals surface area (Å²) in [5.74, 6) is 0.712. The Morgan fingerprint density at radius 2 is 1.66 bits per heavy atom. The molecule has 0 unspecified atom stereocenters. The smallest absolute Gasteiger partial charge is 0.257 e. The van der Waals surface area contributed by atoms with Crippen LogP contribution in [0.3, 0.4) is 0 Å². The normalized spacial score (nSPS) is 21.7. The van der Waals surface area contributed by atoms with Crippen LogP contribution in [0, 0.1) is 0 Å². The van der Waals surface area contributed by atoms with E-state index in [0.29, 0.717) is 35.7 Å². The lowest BCUT2D eigenvalue weighted by Gasteiger charge is -2.40. The standard InChI is InChI=1S/C31H39N3O4/c1-2-33-20-12-4-3-5-13-21-34(30(35)22-25-23-14-6-10-18-28(23)38-32-25)26-16-8-11-19-29(26)37-27-17-9-7-15-24(27)31(33)36/h6-7,9-10,14-15,17-18,26,29H,2-5,8,11-13,16,19-22H2,1H3/t26-,29+/m1/s1. The number of nitrogens with zero attached hydrogens (tertiary/aromatic N) is 3. The molecule has 38 heavy (non-hydrogen) atoms. The van der Waals surface area contributed by atoms with Crippen LogP contribution in [0.2, 0.25) is 0 Å². The van der Waals surface area contributed by atoms with Crippen molar-refractivity contribution >= 4 is 22.8 Å². The number of ether oxygens (including phenoxy) is 1. The van der Waals surface area contributed by atoms with E-state index in [0.717, 1.165) is 69.7 Å². The van der Waals surface area contributed by atoms with Crippen LogP contribution in [0.25, 0.3) is 11.0 Å². The predicted octanol–water partition coefficient (Wildman–Crippen LogP) is 6.02. The van der Waals surface area contributed by atoms with Crippen molar-refractivity contribution in [1.82, 2.24) is 15.0 Å². The van der Waals surface area contributed by atoms with E-state index in [2.05, 4.69) is 10.1 Å². The molecule has 7 heteroatoms. The molecule has 2 atom stereocenters. The lowest BCUT2D eigenvalue weighted by molar-refractivity contribution is -0.136. The zero-order chi connectivity index (χ0) is 26.3. The lowest BCUT2D eigenvalue weighted by Crippen LogP contribution is -2.51. The quantitative estimate of drug-likeness (QED) is 0.425. The minimum absolute atomic E-state index is 0.0242. The first-order valence-corrected chi connectivity index (χ1v) is 14.3. The second-order valence-electron chi connectivity index (χ2n) is 10.5. The number of carbonyl (C=O) groups excluding carboxylic acids is 2. The van der Waals surface area contributed by atoms with Crippen LogP contribution in [-0.4, -0.2) is 58.6 Å². The molecule has 2 aromatic carbocycles. The number of amides is 2. The number of carbonyl (C=O) groups is 2. The van der Waals surface area contributed by atoms with Gasteiger partial charge in [-0.05, 0) is 63.3 Å². The van der Waals surface area contributed by atoms with E-state index in [1.807, 2.05) is 60.4 Å². The Morgan fingerprint density at radius 1 is 0.921 bits per heavy atom. The van der Waals surface area contributed by atoms with Crippen LogP contribution < -0.4 is 4.74 Å². The van der Waals surface area contributed by atoms with Gasteiger partial charge in [0.1, 0.15) is 17.5 Å². The van der Waals surface area contributed by atoms with Gasteiger partial charge >= 0.3 is 0 Å². The van der Waals surface area contributed by atoms with Crippen molar-refractivity contribution < 1.29 is 18.8 Å². The Labute approximate surface area is 225 Å². The molecule has 5 rings (SSSR count). The Hall–Kier alpha value is -3.35. The summed E-state index contributed by atoms with van der Waals surface area (Å²) in [4.78, 5) is 31.3. The maximum Gasteiger partial charge on any atom is 0.257 e. The second-order valence-corrected chi connectivity index (χ2v) is 10.5. The fourth-order valence-corrected chi connectivity index (χ4v) is 5.96. The number of fused-ring (bicyclic) bond motifs is 3. The van der Waals surface area contributed by atoms with Crippen molar-refractivity contribution in [3.8, 4) is 5.75 Å². The molecular formula is C31H39N3O4. The first kappa shape index (κ1) is 26.3. The highest BCUT2D eigenvalue weighted by atomic mass is 16.5. The van der Waals surface area contributed by atoms with Gasteiger partial charge in [-0.25, -0.2) is 0 Å². The van der Waals surface area contributed by atoms with Gasteiger partial charge in [0.2, 0.25) is 5.91 Å². The number of rotatable bonds is 3. The maximum atomic E-state index is 13.9. The van der Waals surface area contributed by atoms with Gasteiger partial charge in [-0.15, -0.1) is 0 Å². The summed E-state index contributed by atoms with van der Waals surface area (Å²) in [6, 6.07) is 15.3. The van der Waals surface area contributed by atoms with Crippen molar-refractivity contribution in [3.63, 3.8) is 0 Å². The predicted molar refractivity (Wildman–Crippen MR) is 147 cm³/mol. The molecule has 3 aromatic rings. The van der Waals surface area contributed by atoms with Gasteiger partial charge in [0.05, 0.1) is 18.0 Å². The highest BCUT2D eigenvalue weighted by molar-refractivity contribution is 5.97. The number of aromatic nitrogens is 1. The largest absolute Gasteiger partial charge is 0.487 e. The second kappa shape index (κ2) is 12.5. The fraction of sp³-hybridized carbons (Fsp3) is 0.516. The molecule has 1 aliphatic heterocycles. The third-order valence-corrected chi connectivity index (χ3v) is 8.05. The van der Waals surface area contributed by atoms with Crippen LogP contribution in [-0.2, 0) is 11.2 Å². The first-order chi connectivity index (χ1) is 18.7. The van der Waals surface area contributed by atoms with Gasteiger partial charge in [-0.1, -0.05) is 55.1 Å². The van der Waals surface area contributed by atoms with Gasteiger partial charge in [0, 0.05) is 25.0 Å². The number of hydrogen-bond donors (Lipinski definition) is 0. The maximum absolute atomic E-state index is 13.9. The molecule has 2 heterocycles. The van der Waals surface area contributed by atoms with Crippen molar-refractivity contribution in [3.05, 3.63) is 59.8 Å². The summed E-state index contributed by atoms with van der Waals surface area (Å²) in [5, 5.41) is 5.12. The van der Waals surface area contributed by atoms with Gasteiger partial charge in [0.15, 0.2) is 5.58 Å². The zero-order valence-corrected chi connectivity index (χ0v) is 22.4. The lowest BCUT2D eigenvalue weighted by atomic mass is 9.90. The van der Waals surface area contributed by atoms with Crippen molar-refractivity contribution in [1.29, 1.82) is 0 Å². The third kappa shape index (κ3) is 5.87. The molecule has 2 aliphatic rings. The number of hydrogen-bond acceptors (Lipinski definition) is 5. The molecule has 1 saturated carbocycles. The molecule has 202 valence electrons. The number of para-hydroxylation sites is 2. The Kier molecular flexibility index (Phi) is 8.61. The molecule has 1 aliphatic carbocycles. The first-order valence-electron chi connectivity index (χ1n) is 14.3. The summed E-state index contributed by atoms with van der Waals surface area (Å²) in [5.41, 5.74) is 2.00. The number of benzene rings is 2. The van der Waals surface area contributed by atoms with E-state index in [1.54, 1.807) is 0 Å². The third-order valence-electron chi connectivity index (χ3n) is 8.05. The molecule has 0 N–H and O–H groups in total. The molecular weight excluding hydrogens is 478 g/mol. The molecule has 7 nitrogen and oxygen atoms in total. The van der Waals surface area contributed by atoms with E-state index < -0.39 is 0 Å². The fourth-order valence-electron chi connectivity index (χ4n) is 5.96. The topological polar surface area (TPSA) is 75.9 Å². The summed E-state index contributed by atoms with van der Waals surface area (Å²) < 4.78 is 12.1. The van der Waals surface area contributed by atoms with Crippen molar-refractivity contribution in [2.45, 2.75) is 83.3 Å². The highest BCUT2D eigenvalue weighted by Crippen LogP contribution is 2.31. The average molecular weight is 518 g/mol. The zero-order valence-electron chi connectivity index (χ0n) is 22.4. The molecule has 0 radical (unpaired) electrons. The summed E-state index contributed by atoms with van der Waals surface area (Å²) in [6.07, 6.45) is 9.10. The van der Waals surface area contributed by atoms with Crippen molar-refractivity contribution in [2.75, 3.05) is 19.6 Å². The molecule has 0 spiro atoms. The SMILES string of the molecule is CCN1CCCCCCCN(C(=O)Cc2noc3ccccc23)[C@@H]2CCCC[C@@H]2Oc2ccccc2C1=O. The Bertz CT molecular complexity index is 1240. The van der Waals surface area contributed by atoms with Gasteiger partial charge in [0.25, 0.3) is 5.91 Å². The monoisotopic (exact) mass is 517 g/mol. The van der Waals surface area contributed by atoms with Gasteiger partial charge in [-0.2, -0.15) is 0 Å². The van der Waals surface area contributed by atoms with E-state index in [-0.39, 0.29) is 30.4 Å². The van der Waals surface area contributed by atoms with Gasteiger partial charge < -0.3 is 19.1 Å². The summed E-state index contributed by atoms with van der Waals surface area (Å²) in [6.45, 7) is 4.18. The van der Waals surface area contributed by atoms with Crippen LogP contribution in [0.1, 0.15) is 80.8 Å². The minimum Gasteiger partial charge on any atom is -0.487 e. The Morgan fingerprint density at radius 3 is 2.53 bits per heavy atom.